The first-order valence-electron chi connectivity index (χ1n) is 4.18. The molecular weight excluding hydrogens is 255 g/mol. The van der Waals surface area contributed by atoms with E-state index >= 15 is 0 Å². The van der Waals surface area contributed by atoms with E-state index in [0.29, 0.717) is 0 Å². The van der Waals surface area contributed by atoms with Gasteiger partial charge in [-0.3, -0.25) is 0 Å². The van der Waals surface area contributed by atoms with Gasteiger partial charge in [-0.25, -0.2) is 14.8 Å². The van der Waals surface area contributed by atoms with E-state index in [1.807, 2.05) is 0 Å². The summed E-state index contributed by atoms with van der Waals surface area (Å²) in [6, 6.07) is 1.31. The van der Waals surface area contributed by atoms with Crippen molar-refractivity contribution >= 4 is 41.2 Å². The molecule has 7 heteroatoms. The predicted molar refractivity (Wildman–Crippen MR) is 60.8 cm³/mol. The maximum atomic E-state index is 11.4. The van der Waals surface area contributed by atoms with Crippen molar-refractivity contribution in [3.05, 3.63) is 21.8 Å². The molecule has 1 heterocycles. The highest BCUT2D eigenvalue weighted by Gasteiger charge is 2.18. The van der Waals surface area contributed by atoms with Crippen LogP contribution in [0.5, 0.6) is 0 Å². The molecule has 0 aromatic carbocycles. The quantitative estimate of drug-likeness (QED) is 0.513. The Hall–Kier alpha value is -1.17. The van der Waals surface area contributed by atoms with Crippen LogP contribution >= 0.6 is 23.2 Å². The van der Waals surface area contributed by atoms with Gasteiger partial charge in [-0.1, -0.05) is 23.2 Å². The van der Waals surface area contributed by atoms with Gasteiger partial charge in [-0.2, -0.15) is 0 Å². The van der Waals surface area contributed by atoms with Crippen molar-refractivity contribution in [2.45, 2.75) is 0 Å². The molecule has 5 nitrogen and oxygen atoms in total. The molecule has 1 N–H and O–H groups in total. The molecule has 0 bridgehead atoms. The van der Waals surface area contributed by atoms with Crippen molar-refractivity contribution in [1.29, 1.82) is 0 Å². The lowest BCUT2D eigenvalue weighted by molar-refractivity contribution is 0.0601. The number of aliphatic hydroxyl groups is 1. The topological polar surface area (TPSA) is 71.8 Å². The van der Waals surface area contributed by atoms with Gasteiger partial charge in [0.2, 0.25) is 0 Å². The van der Waals surface area contributed by atoms with E-state index in [1.165, 1.54) is 19.4 Å². The van der Waals surface area contributed by atoms with E-state index in [2.05, 4.69) is 14.7 Å². The van der Waals surface area contributed by atoms with Gasteiger partial charge in [-0.15, -0.1) is 0 Å². The van der Waals surface area contributed by atoms with Crippen LogP contribution in [-0.4, -0.2) is 36.0 Å². The van der Waals surface area contributed by atoms with Crippen molar-refractivity contribution in [3.8, 4) is 0 Å². The summed E-state index contributed by atoms with van der Waals surface area (Å²) in [4.78, 5) is 19.0. The predicted octanol–water partition coefficient (Wildman–Crippen LogP) is 1.87. The third-order valence-electron chi connectivity index (χ3n) is 1.61. The van der Waals surface area contributed by atoms with E-state index in [-0.39, 0.29) is 28.2 Å². The number of carbonyl (C=O) groups is 1. The fraction of sp³-hybridized carbons (Fsp3) is 0.222. The first kappa shape index (κ1) is 12.9. The van der Waals surface area contributed by atoms with Crippen LogP contribution in [0.3, 0.4) is 0 Å². The van der Waals surface area contributed by atoms with Gasteiger partial charge >= 0.3 is 5.97 Å². The number of pyridine rings is 1. The second kappa shape index (κ2) is 5.79. The Kier molecular flexibility index (Phi) is 4.67. The minimum Gasteiger partial charge on any atom is -0.465 e. The fourth-order valence-corrected chi connectivity index (χ4v) is 1.49. The number of ether oxygens (including phenoxy) is 1. The number of aliphatic hydroxyl groups excluding tert-OH is 1. The molecule has 1 rings (SSSR count). The Bertz CT molecular complexity index is 435. The monoisotopic (exact) mass is 262 g/mol. The van der Waals surface area contributed by atoms with Crippen LogP contribution in [0.4, 0.5) is 5.82 Å². The summed E-state index contributed by atoms with van der Waals surface area (Å²) in [6.07, 6.45) is 1.17. The van der Waals surface area contributed by atoms with Crippen molar-refractivity contribution < 1.29 is 14.6 Å². The molecule has 0 aliphatic carbocycles. The van der Waals surface area contributed by atoms with E-state index in [9.17, 15) is 4.79 Å². The van der Waals surface area contributed by atoms with Crippen LogP contribution < -0.4 is 0 Å². The SMILES string of the molecule is COC(=O)c1c(Cl)cc(Cl)nc1N=CCO. The summed E-state index contributed by atoms with van der Waals surface area (Å²) in [7, 11) is 1.22. The molecule has 0 radical (unpaired) electrons. The van der Waals surface area contributed by atoms with E-state index in [4.69, 9.17) is 28.3 Å². The molecule has 0 saturated heterocycles. The lowest BCUT2D eigenvalue weighted by Gasteiger charge is -2.05. The largest absolute Gasteiger partial charge is 0.465 e. The van der Waals surface area contributed by atoms with Gasteiger partial charge in [0.05, 0.1) is 18.7 Å². The summed E-state index contributed by atoms with van der Waals surface area (Å²) >= 11 is 11.5. The summed E-state index contributed by atoms with van der Waals surface area (Å²) in [6.45, 7) is -0.285. The van der Waals surface area contributed by atoms with Crippen LogP contribution in [0.2, 0.25) is 10.2 Å². The van der Waals surface area contributed by atoms with E-state index in [1.54, 1.807) is 0 Å². The Morgan fingerprint density at radius 3 is 2.94 bits per heavy atom. The van der Waals surface area contributed by atoms with E-state index < -0.39 is 5.97 Å². The summed E-state index contributed by atoms with van der Waals surface area (Å²) in [5.74, 6) is -0.655. The first-order valence-corrected chi connectivity index (χ1v) is 4.93. The maximum absolute atomic E-state index is 11.4. The molecule has 0 spiro atoms. The number of methoxy groups -OCH3 is 1. The Morgan fingerprint density at radius 2 is 2.38 bits per heavy atom. The van der Waals surface area contributed by atoms with Gasteiger partial charge in [0, 0.05) is 6.21 Å². The van der Waals surface area contributed by atoms with Crippen LogP contribution in [0.1, 0.15) is 10.4 Å². The Balaban J connectivity index is 3.32. The number of nitrogens with zero attached hydrogens (tertiary/aromatic N) is 2. The molecule has 0 amide bonds. The molecular formula is C9H8Cl2N2O3. The highest BCUT2D eigenvalue weighted by Crippen LogP contribution is 2.28. The van der Waals surface area contributed by atoms with Crippen molar-refractivity contribution in [2.24, 2.45) is 4.99 Å². The summed E-state index contributed by atoms with van der Waals surface area (Å²) in [5, 5.41) is 8.79. The zero-order valence-electron chi connectivity index (χ0n) is 8.28. The molecule has 0 unspecified atom stereocenters. The van der Waals surface area contributed by atoms with Crippen LogP contribution in [0, 0.1) is 0 Å². The molecule has 0 aliphatic rings. The third kappa shape index (κ3) is 2.91. The zero-order valence-corrected chi connectivity index (χ0v) is 9.79. The molecule has 0 saturated carbocycles. The second-order valence-corrected chi connectivity index (χ2v) is 3.41. The van der Waals surface area contributed by atoms with Crippen LogP contribution in [-0.2, 0) is 4.74 Å². The van der Waals surface area contributed by atoms with Crippen LogP contribution in [0.25, 0.3) is 0 Å². The average molecular weight is 263 g/mol. The average Bonchev–Trinajstić information content (AvgIpc) is 2.24. The third-order valence-corrected chi connectivity index (χ3v) is 2.10. The number of halogens is 2. The standard InChI is InChI=1S/C9H8Cl2N2O3/c1-16-9(15)7-5(10)4-6(11)13-8(7)12-2-3-14/h2,4,14H,3H2,1H3. The van der Waals surface area contributed by atoms with Crippen molar-refractivity contribution in [3.63, 3.8) is 0 Å². The zero-order chi connectivity index (χ0) is 12.1. The van der Waals surface area contributed by atoms with Gasteiger partial charge in [0.1, 0.15) is 10.7 Å². The molecule has 1 aromatic rings. The van der Waals surface area contributed by atoms with Gasteiger partial charge in [0.25, 0.3) is 0 Å². The second-order valence-electron chi connectivity index (χ2n) is 2.61. The first-order chi connectivity index (χ1) is 7.60. The minimum atomic E-state index is -0.667. The minimum absolute atomic E-state index is 0.0123. The normalized spacial score (nSPS) is 10.8. The molecule has 0 fully saturated rings. The number of hydrogen-bond donors (Lipinski definition) is 1. The smallest absolute Gasteiger partial charge is 0.343 e. The molecule has 0 atom stereocenters. The molecule has 86 valence electrons. The molecule has 16 heavy (non-hydrogen) atoms. The lowest BCUT2D eigenvalue weighted by atomic mass is 10.2. The van der Waals surface area contributed by atoms with Crippen molar-refractivity contribution in [2.75, 3.05) is 13.7 Å². The molecule has 1 aromatic heterocycles. The number of aromatic nitrogens is 1. The highest BCUT2D eigenvalue weighted by atomic mass is 35.5. The van der Waals surface area contributed by atoms with Crippen LogP contribution in [0.15, 0.2) is 11.1 Å². The maximum Gasteiger partial charge on any atom is 0.343 e. The number of esters is 1. The lowest BCUT2D eigenvalue weighted by Crippen LogP contribution is -2.04. The molecule has 0 aliphatic heterocycles. The summed E-state index contributed by atoms with van der Waals surface area (Å²) < 4.78 is 4.53. The number of hydrogen-bond acceptors (Lipinski definition) is 5. The van der Waals surface area contributed by atoms with Gasteiger partial charge in [-0.05, 0) is 6.07 Å². The Labute approximate surface area is 102 Å². The Morgan fingerprint density at radius 1 is 1.69 bits per heavy atom. The number of rotatable bonds is 3. The van der Waals surface area contributed by atoms with Gasteiger partial charge in [0.15, 0.2) is 5.82 Å². The van der Waals surface area contributed by atoms with Gasteiger partial charge < -0.3 is 9.84 Å². The van der Waals surface area contributed by atoms with E-state index in [0.717, 1.165) is 0 Å². The number of carbonyl (C=O) groups excluding carboxylic acids is 1. The number of aliphatic imine (C=N–C) groups is 1. The summed E-state index contributed by atoms with van der Waals surface area (Å²) in [5.41, 5.74) is 0.0123. The highest BCUT2D eigenvalue weighted by molar-refractivity contribution is 6.36. The van der Waals surface area contributed by atoms with Crippen molar-refractivity contribution in [1.82, 2.24) is 4.98 Å². The fourth-order valence-electron chi connectivity index (χ4n) is 0.984.